The second-order valence-electron chi connectivity index (χ2n) is 10.6. The lowest BCUT2D eigenvalue weighted by atomic mass is 9.98. The van der Waals surface area contributed by atoms with E-state index in [9.17, 15) is 24.1 Å². The van der Waals surface area contributed by atoms with E-state index in [1.54, 1.807) is 49.4 Å². The van der Waals surface area contributed by atoms with Crippen molar-refractivity contribution in [1.82, 2.24) is 14.6 Å². The van der Waals surface area contributed by atoms with Gasteiger partial charge in [-0.15, -0.1) is 0 Å². The van der Waals surface area contributed by atoms with Crippen LogP contribution >= 0.6 is 7.75 Å². The lowest BCUT2D eigenvalue weighted by Gasteiger charge is -2.26. The fourth-order valence-corrected chi connectivity index (χ4v) is 6.53. The van der Waals surface area contributed by atoms with Crippen LogP contribution in [0.1, 0.15) is 77.0 Å². The predicted molar refractivity (Wildman–Crippen MR) is 156 cm³/mol. The van der Waals surface area contributed by atoms with Gasteiger partial charge in [0, 0.05) is 12.6 Å². The van der Waals surface area contributed by atoms with Gasteiger partial charge < -0.3 is 19.1 Å². The number of para-hydroxylation sites is 1. The minimum atomic E-state index is -4.19. The Kier molecular flexibility index (Phi) is 11.3. The van der Waals surface area contributed by atoms with Crippen molar-refractivity contribution in [3.63, 3.8) is 0 Å². The van der Waals surface area contributed by atoms with E-state index in [2.05, 4.69) is 10.1 Å². The van der Waals surface area contributed by atoms with Crippen LogP contribution in [0.15, 0.2) is 52.2 Å². The van der Waals surface area contributed by atoms with Gasteiger partial charge >= 0.3 is 19.4 Å². The highest BCUT2D eigenvalue weighted by Crippen LogP contribution is 2.46. The van der Waals surface area contributed by atoms with Crippen LogP contribution in [0.5, 0.6) is 5.75 Å². The standard InChI is InChI=1S/C29H40N3O9P/c1-3-12-21-18-32(29(36)30-27(21)34)26-17-24(33)25(40-26)19-38-42(37,41-23-15-10-7-11-16-23)31-20(2)28(35)39-22-13-8-5-4-6-9-14-22/h3,7,10-12,15-16,18,20,22,24-26,33H,4-6,8-9,13-14,17,19H2,1-2H3,(H,31,37)(H,30,34,36)/b12-3+/t20-,24?,25?,26?,42?/m0/s1. The number of rotatable bonds is 11. The monoisotopic (exact) mass is 605 g/mol. The van der Waals surface area contributed by atoms with Crippen molar-refractivity contribution in [2.24, 2.45) is 0 Å². The summed E-state index contributed by atoms with van der Waals surface area (Å²) in [7, 11) is -4.19. The zero-order valence-corrected chi connectivity index (χ0v) is 24.9. The van der Waals surface area contributed by atoms with Crippen LogP contribution in [0.4, 0.5) is 0 Å². The summed E-state index contributed by atoms with van der Waals surface area (Å²) >= 11 is 0. The molecule has 2 aromatic rings. The topological polar surface area (TPSA) is 158 Å². The minimum absolute atomic E-state index is 0.0245. The van der Waals surface area contributed by atoms with Crippen molar-refractivity contribution in [1.29, 1.82) is 0 Å². The molecular weight excluding hydrogens is 565 g/mol. The summed E-state index contributed by atoms with van der Waals surface area (Å²) in [6, 6.07) is 7.34. The highest BCUT2D eigenvalue weighted by Gasteiger charge is 2.40. The SMILES string of the molecule is C/C=C/c1cn(C2CC(O)C(COP(=O)(N[C@@H](C)C(=O)OC3CCCCCCC3)Oc3ccccc3)O2)c(=O)[nH]c1=O. The van der Waals surface area contributed by atoms with E-state index in [1.807, 2.05) is 0 Å². The Hall–Kier alpha value is -3.02. The molecule has 1 saturated heterocycles. The molecule has 0 amide bonds. The molecule has 1 aliphatic carbocycles. The Morgan fingerprint density at radius 1 is 1.19 bits per heavy atom. The number of aliphatic hydroxyl groups excluding tert-OH is 1. The number of hydrogen-bond acceptors (Lipinski definition) is 9. The molecule has 1 aliphatic heterocycles. The molecule has 12 nitrogen and oxygen atoms in total. The van der Waals surface area contributed by atoms with Gasteiger partial charge in [0.2, 0.25) is 0 Å². The van der Waals surface area contributed by atoms with E-state index in [0.29, 0.717) is 0 Å². The number of aromatic amines is 1. The summed E-state index contributed by atoms with van der Waals surface area (Å²) in [6.07, 6.45) is 8.41. The van der Waals surface area contributed by atoms with E-state index in [-0.39, 0.29) is 30.4 Å². The van der Waals surface area contributed by atoms with Gasteiger partial charge in [-0.3, -0.25) is 23.7 Å². The predicted octanol–water partition coefficient (Wildman–Crippen LogP) is 4.06. The zero-order chi connectivity index (χ0) is 30.1. The molecule has 1 aromatic carbocycles. The Bertz CT molecular complexity index is 1370. The molecular formula is C29H40N3O9P. The number of nitrogens with one attached hydrogen (secondary N) is 2. The summed E-state index contributed by atoms with van der Waals surface area (Å²) < 4.78 is 38.1. The largest absolute Gasteiger partial charge is 0.461 e. The highest BCUT2D eigenvalue weighted by molar-refractivity contribution is 7.52. The number of esters is 1. The van der Waals surface area contributed by atoms with Crippen LogP contribution in [0.2, 0.25) is 0 Å². The molecule has 3 N–H and O–H groups in total. The lowest BCUT2D eigenvalue weighted by molar-refractivity contribution is -0.151. The second kappa shape index (κ2) is 14.9. The van der Waals surface area contributed by atoms with Crippen LogP contribution in [0, 0.1) is 0 Å². The number of ether oxygens (including phenoxy) is 2. The van der Waals surface area contributed by atoms with Gasteiger partial charge in [-0.1, -0.05) is 49.6 Å². The summed E-state index contributed by atoms with van der Waals surface area (Å²) in [5.41, 5.74) is -0.983. The molecule has 2 heterocycles. The molecule has 2 fully saturated rings. The average Bonchev–Trinajstić information content (AvgIpc) is 3.31. The van der Waals surface area contributed by atoms with Crippen LogP contribution < -0.4 is 20.9 Å². The first-order valence-electron chi connectivity index (χ1n) is 14.5. The first-order valence-corrected chi connectivity index (χ1v) is 16.0. The minimum Gasteiger partial charge on any atom is -0.461 e. The third kappa shape index (κ3) is 8.75. The molecule has 1 saturated carbocycles. The van der Waals surface area contributed by atoms with Crippen molar-refractivity contribution in [3.05, 3.63) is 69.0 Å². The number of carbonyl (C=O) groups excluding carboxylic acids is 1. The number of carbonyl (C=O) groups is 1. The van der Waals surface area contributed by atoms with Gasteiger partial charge in [-0.2, -0.15) is 5.09 Å². The third-order valence-electron chi connectivity index (χ3n) is 7.27. The van der Waals surface area contributed by atoms with E-state index < -0.39 is 49.4 Å². The van der Waals surface area contributed by atoms with Crippen molar-refractivity contribution < 1.29 is 33.0 Å². The highest BCUT2D eigenvalue weighted by atomic mass is 31.2. The number of aliphatic hydroxyl groups is 1. The van der Waals surface area contributed by atoms with Crippen LogP contribution in [-0.2, 0) is 23.4 Å². The Morgan fingerprint density at radius 3 is 2.57 bits per heavy atom. The molecule has 1 aromatic heterocycles. The normalized spacial score (nSPS) is 24.0. The van der Waals surface area contributed by atoms with Crippen molar-refractivity contribution in [3.8, 4) is 5.75 Å². The fraction of sp³-hybridized carbons (Fsp3) is 0.552. The van der Waals surface area contributed by atoms with Crippen molar-refractivity contribution in [2.45, 2.75) is 95.8 Å². The van der Waals surface area contributed by atoms with Gasteiger partial charge in [0.1, 0.15) is 30.2 Å². The van der Waals surface area contributed by atoms with Gasteiger partial charge in [-0.25, -0.2) is 9.36 Å². The Labute approximate surface area is 244 Å². The number of allylic oxidation sites excluding steroid dienone is 1. The molecule has 0 radical (unpaired) electrons. The first kappa shape index (κ1) is 31.9. The van der Waals surface area contributed by atoms with Gasteiger partial charge in [0.05, 0.1) is 18.3 Å². The van der Waals surface area contributed by atoms with Gasteiger partial charge in [0.25, 0.3) is 5.56 Å². The van der Waals surface area contributed by atoms with Crippen LogP contribution in [-0.4, -0.2) is 51.6 Å². The van der Waals surface area contributed by atoms with Crippen LogP contribution in [0.25, 0.3) is 6.08 Å². The maximum absolute atomic E-state index is 13.9. The number of hydrogen-bond donors (Lipinski definition) is 3. The zero-order valence-electron chi connectivity index (χ0n) is 24.0. The molecule has 2 aliphatic rings. The summed E-state index contributed by atoms with van der Waals surface area (Å²) in [5.74, 6) is -0.316. The third-order valence-corrected chi connectivity index (χ3v) is 8.92. The molecule has 0 spiro atoms. The molecule has 4 unspecified atom stereocenters. The Balaban J connectivity index is 1.44. The molecule has 4 rings (SSSR count). The number of aromatic nitrogens is 2. The average molecular weight is 606 g/mol. The molecule has 42 heavy (non-hydrogen) atoms. The summed E-state index contributed by atoms with van der Waals surface area (Å²) in [4.78, 5) is 39.7. The fourth-order valence-electron chi connectivity index (χ4n) is 5.02. The van der Waals surface area contributed by atoms with E-state index in [4.69, 9.17) is 18.5 Å². The summed E-state index contributed by atoms with van der Waals surface area (Å²) in [6.45, 7) is 2.89. The number of H-pyrrole nitrogens is 1. The van der Waals surface area contributed by atoms with E-state index in [1.165, 1.54) is 24.1 Å². The maximum Gasteiger partial charge on any atom is 0.459 e. The van der Waals surface area contributed by atoms with Gasteiger partial charge in [0.15, 0.2) is 0 Å². The quantitative estimate of drug-likeness (QED) is 0.252. The van der Waals surface area contributed by atoms with E-state index in [0.717, 1.165) is 38.5 Å². The molecule has 230 valence electrons. The smallest absolute Gasteiger partial charge is 0.459 e. The molecule has 13 heteroatoms. The van der Waals surface area contributed by atoms with Crippen molar-refractivity contribution in [2.75, 3.05) is 6.61 Å². The van der Waals surface area contributed by atoms with Crippen LogP contribution in [0.3, 0.4) is 0 Å². The first-order chi connectivity index (χ1) is 20.2. The number of benzene rings is 1. The lowest BCUT2D eigenvalue weighted by Crippen LogP contribution is -2.38. The number of nitrogens with zero attached hydrogens (tertiary/aromatic N) is 1. The maximum atomic E-state index is 13.9. The Morgan fingerprint density at radius 2 is 1.88 bits per heavy atom. The summed E-state index contributed by atoms with van der Waals surface area (Å²) in [5, 5.41) is 13.4. The molecule has 5 atom stereocenters. The van der Waals surface area contributed by atoms with E-state index >= 15 is 0 Å². The molecule has 0 bridgehead atoms. The second-order valence-corrected chi connectivity index (χ2v) is 12.3. The van der Waals surface area contributed by atoms with Crippen molar-refractivity contribution >= 4 is 19.8 Å². The van der Waals surface area contributed by atoms with Gasteiger partial charge in [-0.05, 0) is 51.7 Å².